The summed E-state index contributed by atoms with van der Waals surface area (Å²) in [6.07, 6.45) is 1.53. The number of likely N-dealkylation sites (N-methyl/N-ethyl adjacent to an activating group) is 1. The van der Waals surface area contributed by atoms with Crippen molar-refractivity contribution in [2.45, 2.75) is 0 Å². The Morgan fingerprint density at radius 3 is 2.71 bits per heavy atom. The third-order valence-electron chi connectivity index (χ3n) is 2.36. The molecule has 1 fully saturated rings. The number of piperazine rings is 1. The molecule has 1 amide bonds. The van der Waals surface area contributed by atoms with E-state index in [4.69, 9.17) is 0 Å². The lowest BCUT2D eigenvalue weighted by molar-refractivity contribution is 0.0669. The summed E-state index contributed by atoms with van der Waals surface area (Å²) in [6.45, 7) is 3.48. The molecule has 0 spiro atoms. The molecule has 2 rings (SSSR count). The highest BCUT2D eigenvalue weighted by atomic mass is 32.1. The summed E-state index contributed by atoms with van der Waals surface area (Å²) in [6, 6.07) is 0. The highest BCUT2D eigenvalue weighted by molar-refractivity contribution is 7.07. The second kappa shape index (κ2) is 4.02. The topological polar surface area (TPSA) is 49.3 Å². The molecule has 1 aliphatic rings. The first-order valence-corrected chi connectivity index (χ1v) is 5.30. The monoisotopic (exact) mass is 212 g/mol. The number of hydrogen-bond donors (Lipinski definition) is 0. The van der Waals surface area contributed by atoms with E-state index >= 15 is 0 Å². The lowest BCUT2D eigenvalue weighted by Gasteiger charge is -2.31. The van der Waals surface area contributed by atoms with E-state index in [2.05, 4.69) is 21.5 Å². The molecule has 0 aliphatic carbocycles. The fourth-order valence-electron chi connectivity index (χ4n) is 1.43. The summed E-state index contributed by atoms with van der Waals surface area (Å²) in [5, 5.41) is 3.66. The van der Waals surface area contributed by atoms with Crippen LogP contribution in [0, 0.1) is 0 Å². The van der Waals surface area contributed by atoms with Crippen LogP contribution in [0.3, 0.4) is 0 Å². The summed E-state index contributed by atoms with van der Waals surface area (Å²) in [4.78, 5) is 16.5. The number of carbonyl (C=O) groups excluding carboxylic acids is 1. The average Bonchev–Trinajstić information content (AvgIpc) is 2.71. The molecule has 5 nitrogen and oxygen atoms in total. The summed E-state index contributed by atoms with van der Waals surface area (Å²) < 4.78 is 3.69. The van der Waals surface area contributed by atoms with E-state index < -0.39 is 0 Å². The predicted molar refractivity (Wildman–Crippen MR) is 53.3 cm³/mol. The maximum absolute atomic E-state index is 11.8. The third-order valence-corrected chi connectivity index (χ3v) is 3.02. The Labute approximate surface area is 86.5 Å². The molecule has 1 aliphatic heterocycles. The zero-order valence-electron chi connectivity index (χ0n) is 8.01. The Hall–Kier alpha value is -1.01. The van der Waals surface area contributed by atoms with Crippen LogP contribution in [0.4, 0.5) is 0 Å². The van der Waals surface area contributed by atoms with Crippen molar-refractivity contribution >= 4 is 17.4 Å². The molecule has 0 radical (unpaired) electrons. The fraction of sp³-hybridized carbons (Fsp3) is 0.625. The van der Waals surface area contributed by atoms with Crippen LogP contribution in [0.15, 0.2) is 6.20 Å². The van der Waals surface area contributed by atoms with Crippen molar-refractivity contribution in [3.63, 3.8) is 0 Å². The van der Waals surface area contributed by atoms with Crippen molar-refractivity contribution in [3.05, 3.63) is 11.1 Å². The van der Waals surface area contributed by atoms with E-state index in [-0.39, 0.29) is 5.91 Å². The molecule has 2 heterocycles. The minimum absolute atomic E-state index is 0.0631. The van der Waals surface area contributed by atoms with Gasteiger partial charge in [0, 0.05) is 26.2 Å². The van der Waals surface area contributed by atoms with Gasteiger partial charge in [0.15, 0.2) is 0 Å². The summed E-state index contributed by atoms with van der Waals surface area (Å²) >= 11 is 1.16. The van der Waals surface area contributed by atoms with Gasteiger partial charge < -0.3 is 9.80 Å². The first kappa shape index (κ1) is 9.54. The minimum Gasteiger partial charge on any atom is -0.335 e. The molecule has 0 bridgehead atoms. The molecule has 0 aromatic carbocycles. The number of nitrogens with zero attached hydrogens (tertiary/aromatic N) is 4. The molecule has 1 saturated heterocycles. The van der Waals surface area contributed by atoms with Gasteiger partial charge in [0.25, 0.3) is 5.91 Å². The Morgan fingerprint density at radius 2 is 2.14 bits per heavy atom. The molecule has 1 aromatic heterocycles. The van der Waals surface area contributed by atoms with Crippen molar-refractivity contribution in [2.24, 2.45) is 0 Å². The molecule has 0 unspecified atom stereocenters. The van der Waals surface area contributed by atoms with Crippen LogP contribution < -0.4 is 0 Å². The van der Waals surface area contributed by atoms with Crippen LogP contribution >= 0.6 is 11.5 Å². The van der Waals surface area contributed by atoms with Crippen LogP contribution in [0.5, 0.6) is 0 Å². The van der Waals surface area contributed by atoms with Gasteiger partial charge in [-0.15, -0.1) is 5.10 Å². The SMILES string of the molecule is CN1CCN(C(=O)c2cnns2)CC1. The van der Waals surface area contributed by atoms with E-state index in [0.29, 0.717) is 4.88 Å². The van der Waals surface area contributed by atoms with E-state index in [0.717, 1.165) is 37.7 Å². The number of carbonyl (C=O) groups is 1. The number of rotatable bonds is 1. The zero-order valence-corrected chi connectivity index (χ0v) is 8.83. The van der Waals surface area contributed by atoms with Crippen molar-refractivity contribution < 1.29 is 4.79 Å². The van der Waals surface area contributed by atoms with Crippen molar-refractivity contribution in [2.75, 3.05) is 33.2 Å². The quantitative estimate of drug-likeness (QED) is 0.653. The van der Waals surface area contributed by atoms with Crippen LogP contribution in [-0.4, -0.2) is 58.5 Å². The molecule has 1 aromatic rings. The van der Waals surface area contributed by atoms with Crippen molar-refractivity contribution in [1.29, 1.82) is 0 Å². The summed E-state index contributed by atoms with van der Waals surface area (Å²) in [7, 11) is 2.07. The Balaban J connectivity index is 1.99. The average molecular weight is 212 g/mol. The maximum atomic E-state index is 11.8. The molecule has 14 heavy (non-hydrogen) atoms. The van der Waals surface area contributed by atoms with Crippen LogP contribution in [0.2, 0.25) is 0 Å². The second-order valence-corrected chi connectivity index (χ2v) is 4.16. The minimum atomic E-state index is 0.0631. The van der Waals surface area contributed by atoms with Gasteiger partial charge in [0.2, 0.25) is 0 Å². The number of hydrogen-bond acceptors (Lipinski definition) is 5. The van der Waals surface area contributed by atoms with E-state index in [1.165, 1.54) is 6.20 Å². The highest BCUT2D eigenvalue weighted by Gasteiger charge is 2.21. The fourth-order valence-corrected chi connectivity index (χ4v) is 1.91. The Bertz CT molecular complexity index is 305. The first-order chi connectivity index (χ1) is 6.77. The molecule has 0 atom stereocenters. The Morgan fingerprint density at radius 1 is 1.43 bits per heavy atom. The molecule has 0 saturated carbocycles. The van der Waals surface area contributed by atoms with Gasteiger partial charge in [-0.2, -0.15) is 0 Å². The zero-order chi connectivity index (χ0) is 9.97. The van der Waals surface area contributed by atoms with Crippen LogP contribution in [0.25, 0.3) is 0 Å². The van der Waals surface area contributed by atoms with E-state index in [9.17, 15) is 4.79 Å². The maximum Gasteiger partial charge on any atom is 0.267 e. The van der Waals surface area contributed by atoms with Gasteiger partial charge >= 0.3 is 0 Å². The van der Waals surface area contributed by atoms with Gasteiger partial charge in [0.05, 0.1) is 6.20 Å². The van der Waals surface area contributed by atoms with Crippen LogP contribution in [-0.2, 0) is 0 Å². The summed E-state index contributed by atoms with van der Waals surface area (Å²) in [5.41, 5.74) is 0. The summed E-state index contributed by atoms with van der Waals surface area (Å²) in [5.74, 6) is 0.0631. The van der Waals surface area contributed by atoms with Crippen LogP contribution in [0.1, 0.15) is 9.67 Å². The molecular weight excluding hydrogens is 200 g/mol. The smallest absolute Gasteiger partial charge is 0.267 e. The van der Waals surface area contributed by atoms with Crippen molar-refractivity contribution in [3.8, 4) is 0 Å². The standard InChI is InChI=1S/C8H12N4OS/c1-11-2-4-12(5-3-11)8(13)7-6-9-10-14-7/h6H,2-5H2,1H3. The molecular formula is C8H12N4OS. The molecule has 76 valence electrons. The number of aromatic nitrogens is 2. The van der Waals surface area contributed by atoms with Gasteiger partial charge in [-0.25, -0.2) is 0 Å². The first-order valence-electron chi connectivity index (χ1n) is 4.52. The van der Waals surface area contributed by atoms with E-state index in [1.807, 2.05) is 4.90 Å². The third kappa shape index (κ3) is 1.91. The molecule has 0 N–H and O–H groups in total. The lowest BCUT2D eigenvalue weighted by atomic mass is 10.3. The Kier molecular flexibility index (Phi) is 2.74. The van der Waals surface area contributed by atoms with Gasteiger partial charge in [-0.3, -0.25) is 4.79 Å². The lowest BCUT2D eigenvalue weighted by Crippen LogP contribution is -2.46. The van der Waals surface area contributed by atoms with Crippen molar-refractivity contribution in [1.82, 2.24) is 19.4 Å². The largest absolute Gasteiger partial charge is 0.335 e. The second-order valence-electron chi connectivity index (χ2n) is 3.38. The van der Waals surface area contributed by atoms with Gasteiger partial charge in [0.1, 0.15) is 4.88 Å². The highest BCUT2D eigenvalue weighted by Crippen LogP contribution is 2.09. The van der Waals surface area contributed by atoms with E-state index in [1.54, 1.807) is 0 Å². The molecule has 6 heteroatoms. The van der Waals surface area contributed by atoms with Gasteiger partial charge in [-0.05, 0) is 18.6 Å². The number of amides is 1. The predicted octanol–water partition coefficient (Wildman–Crippen LogP) is -0.0743. The normalized spacial score (nSPS) is 18.5. The van der Waals surface area contributed by atoms with Gasteiger partial charge in [-0.1, -0.05) is 4.49 Å².